The summed E-state index contributed by atoms with van der Waals surface area (Å²) in [6, 6.07) is 4.39. The molecule has 2 N–H and O–H groups in total. The molecule has 3 aromatic rings. The molecule has 4 rings (SSSR count). The van der Waals surface area contributed by atoms with Crippen LogP contribution in [0.5, 0.6) is 0 Å². The Morgan fingerprint density at radius 3 is 2.96 bits per heavy atom. The number of fused-ring (bicyclic) bond motifs is 1. The van der Waals surface area contributed by atoms with Crippen LogP contribution in [0.1, 0.15) is 6.42 Å². The van der Waals surface area contributed by atoms with Gasteiger partial charge in [0.05, 0.1) is 11.2 Å². The number of anilines is 3. The summed E-state index contributed by atoms with van der Waals surface area (Å²) in [6.45, 7) is 1.31. The van der Waals surface area contributed by atoms with Gasteiger partial charge in [-0.15, -0.1) is 0 Å². The monoisotopic (exact) mass is 387 g/mol. The minimum Gasteiger partial charge on any atom is -0.350 e. The molecule has 3 heterocycles. The molecule has 1 fully saturated rings. The largest absolute Gasteiger partial charge is 0.350 e. The number of hydrogen-bond donors (Lipinski definition) is 2. The van der Waals surface area contributed by atoms with Gasteiger partial charge in [0, 0.05) is 24.8 Å². The number of likely N-dealkylation sites (tertiary alicyclic amines) is 1. The standard InChI is InChI=1S/C17H15ClFN7O/c18-12-5-10(1-2-13(12)19)23-16-15-14(21-8-22-16)6-20-17(25-15)24-11-3-4-26(7-11)9-27/h1-2,5-6,8-9,11H,3-4,7H2,(H,20,24,25)(H,21,22,23). The number of hydrogen-bond acceptors (Lipinski definition) is 7. The summed E-state index contributed by atoms with van der Waals surface area (Å²) >= 11 is 5.83. The Bertz CT molecular complexity index is 1000. The molecule has 27 heavy (non-hydrogen) atoms. The summed E-state index contributed by atoms with van der Waals surface area (Å²) in [7, 11) is 0. The Morgan fingerprint density at radius 2 is 2.19 bits per heavy atom. The number of benzene rings is 1. The summed E-state index contributed by atoms with van der Waals surface area (Å²) in [5.74, 6) is 0.383. The lowest BCUT2D eigenvalue weighted by atomic mass is 10.3. The third-order valence-corrected chi connectivity index (χ3v) is 4.55. The molecule has 0 radical (unpaired) electrons. The maximum Gasteiger partial charge on any atom is 0.223 e. The van der Waals surface area contributed by atoms with Crippen molar-refractivity contribution in [3.8, 4) is 0 Å². The van der Waals surface area contributed by atoms with Crippen molar-refractivity contribution >= 4 is 46.5 Å². The van der Waals surface area contributed by atoms with E-state index < -0.39 is 5.82 Å². The van der Waals surface area contributed by atoms with E-state index in [9.17, 15) is 9.18 Å². The van der Waals surface area contributed by atoms with E-state index in [4.69, 9.17) is 11.6 Å². The van der Waals surface area contributed by atoms with Crippen LogP contribution in [0, 0.1) is 5.82 Å². The molecule has 2 aromatic heterocycles. The normalized spacial score (nSPS) is 16.5. The van der Waals surface area contributed by atoms with Crippen LogP contribution in [-0.4, -0.2) is 50.4 Å². The quantitative estimate of drug-likeness (QED) is 0.649. The van der Waals surface area contributed by atoms with Gasteiger partial charge in [-0.1, -0.05) is 11.6 Å². The van der Waals surface area contributed by atoms with Gasteiger partial charge in [-0.3, -0.25) is 4.79 Å². The number of halogens is 2. The first kappa shape index (κ1) is 17.3. The van der Waals surface area contributed by atoms with E-state index in [1.807, 2.05) is 0 Å². The third kappa shape index (κ3) is 3.72. The van der Waals surface area contributed by atoms with Crippen LogP contribution in [0.4, 0.5) is 21.8 Å². The highest BCUT2D eigenvalue weighted by atomic mass is 35.5. The predicted octanol–water partition coefficient (Wildman–Crippen LogP) is 2.60. The maximum absolute atomic E-state index is 13.4. The second-order valence-corrected chi connectivity index (χ2v) is 6.54. The molecule has 0 saturated carbocycles. The second-order valence-electron chi connectivity index (χ2n) is 6.13. The van der Waals surface area contributed by atoms with Gasteiger partial charge in [-0.2, -0.15) is 0 Å². The van der Waals surface area contributed by atoms with Gasteiger partial charge in [0.15, 0.2) is 5.82 Å². The molecule has 0 aliphatic carbocycles. The van der Waals surface area contributed by atoms with Crippen LogP contribution >= 0.6 is 11.6 Å². The topological polar surface area (TPSA) is 95.9 Å². The number of amides is 1. The van der Waals surface area contributed by atoms with Crippen molar-refractivity contribution in [2.75, 3.05) is 23.7 Å². The van der Waals surface area contributed by atoms with Crippen LogP contribution in [0.25, 0.3) is 11.0 Å². The zero-order valence-corrected chi connectivity index (χ0v) is 14.8. The SMILES string of the molecule is O=CN1CCC(Nc2ncc3ncnc(Nc4ccc(F)c(Cl)c4)c3n2)C1. The third-order valence-electron chi connectivity index (χ3n) is 4.26. The Balaban J connectivity index is 1.61. The Kier molecular flexibility index (Phi) is 4.68. The van der Waals surface area contributed by atoms with E-state index in [1.54, 1.807) is 17.2 Å². The number of rotatable bonds is 5. The van der Waals surface area contributed by atoms with Crippen LogP contribution in [-0.2, 0) is 4.79 Å². The fourth-order valence-electron chi connectivity index (χ4n) is 2.91. The fraction of sp³-hybridized carbons (Fsp3) is 0.235. The van der Waals surface area contributed by atoms with Crippen molar-refractivity contribution < 1.29 is 9.18 Å². The minimum atomic E-state index is -0.496. The summed E-state index contributed by atoms with van der Waals surface area (Å²) in [6.07, 6.45) is 4.66. The highest BCUT2D eigenvalue weighted by Gasteiger charge is 2.22. The van der Waals surface area contributed by atoms with Crippen LogP contribution in [0.3, 0.4) is 0 Å². The van der Waals surface area contributed by atoms with Crippen LogP contribution in [0.15, 0.2) is 30.7 Å². The highest BCUT2D eigenvalue weighted by Crippen LogP contribution is 2.25. The smallest absolute Gasteiger partial charge is 0.223 e. The number of carbonyl (C=O) groups is 1. The molecule has 1 aliphatic rings. The van der Waals surface area contributed by atoms with Crippen molar-refractivity contribution in [2.24, 2.45) is 0 Å². The predicted molar refractivity (Wildman–Crippen MR) is 99.5 cm³/mol. The lowest BCUT2D eigenvalue weighted by Crippen LogP contribution is -2.26. The maximum atomic E-state index is 13.4. The van der Waals surface area contributed by atoms with E-state index in [-0.39, 0.29) is 11.1 Å². The molecule has 1 unspecified atom stereocenters. The van der Waals surface area contributed by atoms with Crippen molar-refractivity contribution in [3.63, 3.8) is 0 Å². The number of carbonyl (C=O) groups excluding carboxylic acids is 1. The summed E-state index contributed by atoms with van der Waals surface area (Å²) in [5, 5.41) is 6.32. The van der Waals surface area contributed by atoms with Crippen molar-refractivity contribution in [2.45, 2.75) is 12.5 Å². The van der Waals surface area contributed by atoms with E-state index in [0.29, 0.717) is 41.6 Å². The van der Waals surface area contributed by atoms with E-state index >= 15 is 0 Å². The van der Waals surface area contributed by atoms with Gasteiger partial charge in [-0.05, 0) is 24.6 Å². The minimum absolute atomic E-state index is 0.0105. The molecule has 1 atom stereocenters. The van der Waals surface area contributed by atoms with Crippen molar-refractivity contribution in [1.29, 1.82) is 0 Å². The summed E-state index contributed by atoms with van der Waals surface area (Å²) < 4.78 is 13.4. The molecule has 1 saturated heterocycles. The van der Waals surface area contributed by atoms with Gasteiger partial charge in [0.2, 0.25) is 12.4 Å². The average Bonchev–Trinajstić information content (AvgIpc) is 3.13. The molecular formula is C17H15ClFN7O. The first-order chi connectivity index (χ1) is 13.1. The molecule has 8 nitrogen and oxygen atoms in total. The highest BCUT2D eigenvalue weighted by molar-refractivity contribution is 6.31. The lowest BCUT2D eigenvalue weighted by Gasteiger charge is -2.13. The van der Waals surface area contributed by atoms with Gasteiger partial charge >= 0.3 is 0 Å². The number of aromatic nitrogens is 4. The molecular weight excluding hydrogens is 373 g/mol. The number of nitrogens with zero attached hydrogens (tertiary/aromatic N) is 5. The van der Waals surface area contributed by atoms with Crippen molar-refractivity contribution in [3.05, 3.63) is 41.6 Å². The van der Waals surface area contributed by atoms with E-state index in [0.717, 1.165) is 12.8 Å². The second kappa shape index (κ2) is 7.28. The molecule has 1 aliphatic heterocycles. The van der Waals surface area contributed by atoms with E-state index in [1.165, 1.54) is 18.5 Å². The Morgan fingerprint density at radius 1 is 1.30 bits per heavy atom. The van der Waals surface area contributed by atoms with Gasteiger partial charge in [0.25, 0.3) is 0 Å². The summed E-state index contributed by atoms with van der Waals surface area (Å²) in [4.78, 5) is 29.7. The molecule has 138 valence electrons. The van der Waals surface area contributed by atoms with Crippen molar-refractivity contribution in [1.82, 2.24) is 24.8 Å². The Labute approximate surface area is 158 Å². The van der Waals surface area contributed by atoms with Crippen LogP contribution in [0.2, 0.25) is 5.02 Å². The van der Waals surface area contributed by atoms with Gasteiger partial charge in [-0.25, -0.2) is 24.3 Å². The fourth-order valence-corrected chi connectivity index (χ4v) is 3.09. The zero-order chi connectivity index (χ0) is 18.8. The molecule has 0 bridgehead atoms. The average molecular weight is 388 g/mol. The lowest BCUT2D eigenvalue weighted by molar-refractivity contribution is -0.117. The molecule has 10 heteroatoms. The van der Waals surface area contributed by atoms with Crippen LogP contribution < -0.4 is 10.6 Å². The molecule has 0 spiro atoms. The molecule has 1 amide bonds. The van der Waals surface area contributed by atoms with Gasteiger partial charge < -0.3 is 15.5 Å². The zero-order valence-electron chi connectivity index (χ0n) is 14.1. The first-order valence-corrected chi connectivity index (χ1v) is 8.66. The molecule has 1 aromatic carbocycles. The summed E-state index contributed by atoms with van der Waals surface area (Å²) in [5.41, 5.74) is 1.65. The van der Waals surface area contributed by atoms with Gasteiger partial charge in [0.1, 0.15) is 23.2 Å². The van der Waals surface area contributed by atoms with E-state index in [2.05, 4.69) is 30.6 Å². The number of nitrogens with one attached hydrogen (secondary N) is 2. The Hall–Kier alpha value is -3.07. The first-order valence-electron chi connectivity index (χ1n) is 8.28.